The number of carbonyl (C=O) groups excluding carboxylic acids is 1. The van der Waals surface area contributed by atoms with E-state index in [1.165, 1.54) is 11.3 Å². The highest BCUT2D eigenvalue weighted by molar-refractivity contribution is 7.17. The molecule has 94 valence electrons. The van der Waals surface area contributed by atoms with Crippen molar-refractivity contribution in [2.24, 2.45) is 0 Å². The second-order valence-electron chi connectivity index (χ2n) is 3.97. The van der Waals surface area contributed by atoms with Crippen LogP contribution < -0.4 is 5.32 Å². The van der Waals surface area contributed by atoms with Crippen molar-refractivity contribution in [3.63, 3.8) is 0 Å². The van der Waals surface area contributed by atoms with Crippen molar-refractivity contribution in [3.8, 4) is 0 Å². The van der Waals surface area contributed by atoms with Crippen LogP contribution >= 0.6 is 11.3 Å². The van der Waals surface area contributed by atoms with E-state index in [1.54, 1.807) is 11.9 Å². The standard InChI is InChI=1S/C10H16N4O2S/c1-11-10-13-12-8(17-10)9(16)14(5-6-15)7-3-2-4-7/h7,15H,2-6H2,1H3,(H,11,13). The molecule has 1 aliphatic rings. The van der Waals surface area contributed by atoms with Gasteiger partial charge in [-0.25, -0.2) is 0 Å². The maximum Gasteiger partial charge on any atom is 0.285 e. The first kappa shape index (κ1) is 12.3. The molecule has 1 fully saturated rings. The lowest BCUT2D eigenvalue weighted by atomic mass is 9.91. The number of aliphatic hydroxyl groups is 1. The number of rotatable bonds is 5. The van der Waals surface area contributed by atoms with Gasteiger partial charge in [-0.2, -0.15) is 0 Å². The average molecular weight is 256 g/mol. The number of carbonyl (C=O) groups is 1. The molecule has 2 N–H and O–H groups in total. The van der Waals surface area contributed by atoms with E-state index in [4.69, 9.17) is 5.11 Å². The Morgan fingerprint density at radius 1 is 1.59 bits per heavy atom. The van der Waals surface area contributed by atoms with Gasteiger partial charge in [-0.15, -0.1) is 10.2 Å². The van der Waals surface area contributed by atoms with Gasteiger partial charge in [0, 0.05) is 19.6 Å². The number of nitrogens with zero attached hydrogens (tertiary/aromatic N) is 3. The number of anilines is 1. The first-order chi connectivity index (χ1) is 8.26. The maximum absolute atomic E-state index is 12.2. The molecule has 17 heavy (non-hydrogen) atoms. The molecule has 0 saturated heterocycles. The lowest BCUT2D eigenvalue weighted by Crippen LogP contribution is -2.45. The van der Waals surface area contributed by atoms with Crippen LogP contribution in [0.25, 0.3) is 0 Å². The van der Waals surface area contributed by atoms with Crippen LogP contribution in [0.1, 0.15) is 29.1 Å². The Morgan fingerprint density at radius 2 is 2.35 bits per heavy atom. The lowest BCUT2D eigenvalue weighted by molar-refractivity contribution is 0.0524. The fourth-order valence-corrected chi connectivity index (χ4v) is 2.44. The largest absolute Gasteiger partial charge is 0.395 e. The smallest absolute Gasteiger partial charge is 0.285 e. The molecule has 1 heterocycles. The van der Waals surface area contributed by atoms with E-state index in [-0.39, 0.29) is 18.6 Å². The molecule has 0 aliphatic heterocycles. The zero-order chi connectivity index (χ0) is 12.3. The number of aromatic nitrogens is 2. The molecule has 1 saturated carbocycles. The van der Waals surface area contributed by atoms with Crippen LogP contribution in [-0.4, -0.2) is 52.4 Å². The molecular formula is C10H16N4O2S. The molecule has 6 nitrogen and oxygen atoms in total. The highest BCUT2D eigenvalue weighted by atomic mass is 32.1. The second-order valence-corrected chi connectivity index (χ2v) is 4.95. The Morgan fingerprint density at radius 3 is 2.82 bits per heavy atom. The first-order valence-electron chi connectivity index (χ1n) is 5.69. The summed E-state index contributed by atoms with van der Waals surface area (Å²) in [6, 6.07) is 0.261. The van der Waals surface area contributed by atoms with Crippen LogP contribution in [0.2, 0.25) is 0 Å². The van der Waals surface area contributed by atoms with E-state index >= 15 is 0 Å². The average Bonchev–Trinajstić information content (AvgIpc) is 2.73. The van der Waals surface area contributed by atoms with Crippen molar-refractivity contribution in [1.29, 1.82) is 0 Å². The van der Waals surface area contributed by atoms with E-state index in [2.05, 4.69) is 15.5 Å². The predicted molar refractivity (Wildman–Crippen MR) is 65.2 cm³/mol. The third-order valence-electron chi connectivity index (χ3n) is 2.94. The molecule has 7 heteroatoms. The molecule has 1 aromatic rings. The molecule has 0 aromatic carbocycles. The molecule has 1 aliphatic carbocycles. The van der Waals surface area contributed by atoms with Gasteiger partial charge in [0.25, 0.3) is 5.91 Å². The first-order valence-corrected chi connectivity index (χ1v) is 6.51. The number of aliphatic hydroxyl groups excluding tert-OH is 1. The van der Waals surface area contributed by atoms with Crippen molar-refractivity contribution < 1.29 is 9.90 Å². The minimum atomic E-state index is -0.122. The summed E-state index contributed by atoms with van der Waals surface area (Å²) in [5.41, 5.74) is 0. The van der Waals surface area contributed by atoms with Crippen LogP contribution in [0.15, 0.2) is 0 Å². The summed E-state index contributed by atoms with van der Waals surface area (Å²) in [6.45, 7) is 0.359. The molecule has 0 spiro atoms. The van der Waals surface area contributed by atoms with E-state index in [0.29, 0.717) is 16.7 Å². The third-order valence-corrected chi connectivity index (χ3v) is 3.87. The topological polar surface area (TPSA) is 78.4 Å². The lowest BCUT2D eigenvalue weighted by Gasteiger charge is -2.36. The number of amides is 1. The molecule has 1 amide bonds. The second kappa shape index (κ2) is 5.42. The molecule has 0 radical (unpaired) electrons. The van der Waals surface area contributed by atoms with Crippen molar-refractivity contribution in [3.05, 3.63) is 5.01 Å². The van der Waals surface area contributed by atoms with Crippen molar-refractivity contribution >= 4 is 22.4 Å². The zero-order valence-corrected chi connectivity index (χ0v) is 10.5. The monoisotopic (exact) mass is 256 g/mol. The van der Waals surface area contributed by atoms with Crippen LogP contribution in [-0.2, 0) is 0 Å². The summed E-state index contributed by atoms with van der Waals surface area (Å²) in [6.07, 6.45) is 3.19. The highest BCUT2D eigenvalue weighted by Crippen LogP contribution is 2.27. The fraction of sp³-hybridized carbons (Fsp3) is 0.700. The van der Waals surface area contributed by atoms with Gasteiger partial charge in [0.05, 0.1) is 6.61 Å². The Hall–Kier alpha value is -1.21. The van der Waals surface area contributed by atoms with Gasteiger partial charge in [-0.05, 0) is 19.3 Å². The minimum Gasteiger partial charge on any atom is -0.395 e. The predicted octanol–water partition coefficient (Wildman–Crippen LogP) is 0.567. The Kier molecular flexibility index (Phi) is 3.90. The van der Waals surface area contributed by atoms with Crippen LogP contribution in [0.5, 0.6) is 0 Å². The van der Waals surface area contributed by atoms with E-state index in [1.807, 2.05) is 0 Å². The summed E-state index contributed by atoms with van der Waals surface area (Å²) in [4.78, 5) is 13.9. The number of hydrogen-bond acceptors (Lipinski definition) is 6. The summed E-state index contributed by atoms with van der Waals surface area (Å²) < 4.78 is 0. The summed E-state index contributed by atoms with van der Waals surface area (Å²) in [5, 5.41) is 20.6. The van der Waals surface area contributed by atoms with E-state index in [9.17, 15) is 4.79 Å². The number of hydrogen-bond donors (Lipinski definition) is 2. The van der Waals surface area contributed by atoms with Crippen LogP contribution in [0.3, 0.4) is 0 Å². The van der Waals surface area contributed by atoms with Gasteiger partial charge in [-0.1, -0.05) is 11.3 Å². The van der Waals surface area contributed by atoms with E-state index < -0.39 is 0 Å². The highest BCUT2D eigenvalue weighted by Gasteiger charge is 2.30. The molecule has 0 bridgehead atoms. The molecular weight excluding hydrogens is 240 g/mol. The summed E-state index contributed by atoms with van der Waals surface area (Å²) in [7, 11) is 1.74. The van der Waals surface area contributed by atoms with Gasteiger partial charge in [0.2, 0.25) is 10.1 Å². The normalized spacial score (nSPS) is 15.4. The van der Waals surface area contributed by atoms with Crippen molar-refractivity contribution in [2.75, 3.05) is 25.5 Å². The molecule has 0 unspecified atom stereocenters. The summed E-state index contributed by atoms with van der Waals surface area (Å²) in [5.74, 6) is -0.122. The Balaban J connectivity index is 2.09. The Bertz CT molecular complexity index is 391. The SMILES string of the molecule is CNc1nnc(C(=O)N(CCO)C2CCC2)s1. The zero-order valence-electron chi connectivity index (χ0n) is 9.72. The van der Waals surface area contributed by atoms with Gasteiger partial charge < -0.3 is 15.3 Å². The van der Waals surface area contributed by atoms with Gasteiger partial charge in [0.15, 0.2) is 0 Å². The van der Waals surface area contributed by atoms with Crippen molar-refractivity contribution in [1.82, 2.24) is 15.1 Å². The molecule has 0 atom stereocenters. The fourth-order valence-electron chi connectivity index (χ4n) is 1.79. The maximum atomic E-state index is 12.2. The van der Waals surface area contributed by atoms with Gasteiger partial charge in [-0.3, -0.25) is 4.79 Å². The minimum absolute atomic E-state index is 0.0140. The quantitative estimate of drug-likeness (QED) is 0.805. The van der Waals surface area contributed by atoms with Crippen LogP contribution in [0, 0.1) is 0 Å². The molecule has 1 aromatic heterocycles. The van der Waals surface area contributed by atoms with Gasteiger partial charge in [0.1, 0.15) is 0 Å². The molecule has 2 rings (SSSR count). The third kappa shape index (κ3) is 2.55. The van der Waals surface area contributed by atoms with E-state index in [0.717, 1.165) is 19.3 Å². The van der Waals surface area contributed by atoms with Gasteiger partial charge >= 0.3 is 0 Å². The van der Waals surface area contributed by atoms with Crippen LogP contribution in [0.4, 0.5) is 5.13 Å². The Labute approximate surface area is 104 Å². The number of nitrogens with one attached hydrogen (secondary N) is 1. The summed E-state index contributed by atoms with van der Waals surface area (Å²) >= 11 is 1.24. The van der Waals surface area contributed by atoms with Crippen molar-refractivity contribution in [2.45, 2.75) is 25.3 Å².